The van der Waals surface area contributed by atoms with Crippen molar-refractivity contribution in [2.24, 2.45) is 0 Å². The molecule has 46 heavy (non-hydrogen) atoms. The second-order valence-electron chi connectivity index (χ2n) is 14.9. The van der Waals surface area contributed by atoms with Crippen LogP contribution in [0.3, 0.4) is 0 Å². The normalized spacial score (nSPS) is 12.8. The van der Waals surface area contributed by atoms with E-state index in [-0.39, 0.29) is 18.5 Å². The van der Waals surface area contributed by atoms with Crippen molar-refractivity contribution in [3.8, 4) is 0 Å². The zero-order chi connectivity index (χ0) is 32.9. The standard InChI is InChI=1S/C42H84NO2.ClH/c1-6-8-10-12-14-16-18-20-22-24-26-28-30-32-34-36-38-44-41-42(40-43(3,4)5)45-39-37-35-33-31-29-27-25-23-21-19-17-15-13-11-9-7-2;/h20-23,42H,6-19,24-41H2,1-5H3;1H/q+1;/p-1/b22-20-,23-21+;. The van der Waals surface area contributed by atoms with Gasteiger partial charge in [0.2, 0.25) is 0 Å². The minimum Gasteiger partial charge on any atom is -1.00 e. The summed E-state index contributed by atoms with van der Waals surface area (Å²) in [6.07, 6.45) is 47.6. The number of nitrogens with zero attached hydrogens (tertiary/aromatic N) is 1. The van der Waals surface area contributed by atoms with Gasteiger partial charge in [0, 0.05) is 13.2 Å². The molecule has 0 amide bonds. The average molecular weight is 671 g/mol. The van der Waals surface area contributed by atoms with Crippen LogP contribution in [0.15, 0.2) is 24.3 Å². The molecule has 0 bridgehead atoms. The van der Waals surface area contributed by atoms with Crippen LogP contribution in [0.4, 0.5) is 0 Å². The summed E-state index contributed by atoms with van der Waals surface area (Å²) in [4.78, 5) is 0. The fourth-order valence-electron chi connectivity index (χ4n) is 6.03. The molecule has 0 aromatic rings. The number of rotatable bonds is 37. The summed E-state index contributed by atoms with van der Waals surface area (Å²) in [7, 11) is 6.77. The Morgan fingerprint density at radius 3 is 1.13 bits per heavy atom. The molecule has 0 radical (unpaired) electrons. The number of hydrogen-bond acceptors (Lipinski definition) is 2. The lowest BCUT2D eigenvalue weighted by Gasteiger charge is -2.29. The second-order valence-corrected chi connectivity index (χ2v) is 14.9. The number of likely N-dealkylation sites (N-methyl/N-ethyl adjacent to an activating group) is 1. The smallest absolute Gasteiger partial charge is 0.130 e. The molecule has 3 nitrogen and oxygen atoms in total. The van der Waals surface area contributed by atoms with E-state index in [1.165, 1.54) is 180 Å². The van der Waals surface area contributed by atoms with Crippen LogP contribution in [-0.2, 0) is 9.47 Å². The molecule has 0 aromatic heterocycles. The number of hydrogen-bond donors (Lipinski definition) is 0. The third-order valence-corrected chi connectivity index (χ3v) is 8.87. The van der Waals surface area contributed by atoms with Crippen LogP contribution in [0.1, 0.15) is 194 Å². The van der Waals surface area contributed by atoms with Gasteiger partial charge in [-0.05, 0) is 64.2 Å². The van der Waals surface area contributed by atoms with Gasteiger partial charge in [-0.15, -0.1) is 0 Å². The highest BCUT2D eigenvalue weighted by Crippen LogP contribution is 2.12. The maximum absolute atomic E-state index is 6.32. The van der Waals surface area contributed by atoms with Crippen molar-refractivity contribution in [3.05, 3.63) is 24.3 Å². The molecule has 0 aromatic carbocycles. The van der Waals surface area contributed by atoms with E-state index >= 15 is 0 Å². The molecule has 0 saturated carbocycles. The van der Waals surface area contributed by atoms with E-state index in [0.29, 0.717) is 0 Å². The van der Waals surface area contributed by atoms with Crippen LogP contribution in [0.5, 0.6) is 0 Å². The van der Waals surface area contributed by atoms with Crippen molar-refractivity contribution < 1.29 is 26.4 Å². The maximum atomic E-state index is 6.32. The molecule has 0 heterocycles. The highest BCUT2D eigenvalue weighted by Gasteiger charge is 2.19. The Labute approximate surface area is 297 Å². The third kappa shape index (κ3) is 41.7. The maximum Gasteiger partial charge on any atom is 0.130 e. The Kier molecular flexibility index (Phi) is 40.6. The van der Waals surface area contributed by atoms with Crippen LogP contribution >= 0.6 is 0 Å². The first-order valence-corrected chi connectivity index (χ1v) is 20.3. The van der Waals surface area contributed by atoms with Crippen molar-refractivity contribution in [1.82, 2.24) is 0 Å². The van der Waals surface area contributed by atoms with Crippen molar-refractivity contribution in [2.45, 2.75) is 200 Å². The predicted octanol–water partition coefficient (Wildman–Crippen LogP) is 10.2. The van der Waals surface area contributed by atoms with Gasteiger partial charge >= 0.3 is 0 Å². The summed E-state index contributed by atoms with van der Waals surface area (Å²) >= 11 is 0. The molecule has 276 valence electrons. The summed E-state index contributed by atoms with van der Waals surface area (Å²) in [5.41, 5.74) is 0. The summed E-state index contributed by atoms with van der Waals surface area (Å²) in [6.45, 7) is 8.10. The number of halogens is 1. The SMILES string of the molecule is CCCCCCCC/C=C\CCCCCCCCOCC(C[N+](C)(C)C)OCCCCCCCC/C=C/CCCCCCCC.[Cl-]. The Morgan fingerprint density at radius 2 is 0.761 bits per heavy atom. The summed E-state index contributed by atoms with van der Waals surface area (Å²) < 4.78 is 13.3. The lowest BCUT2D eigenvalue weighted by atomic mass is 10.1. The Hall–Kier alpha value is -0.350. The van der Waals surface area contributed by atoms with E-state index in [1.807, 2.05) is 0 Å². The molecule has 0 saturated heterocycles. The zero-order valence-electron chi connectivity index (χ0n) is 32.2. The van der Waals surface area contributed by atoms with Gasteiger partial charge in [-0.25, -0.2) is 0 Å². The lowest BCUT2D eigenvalue weighted by molar-refractivity contribution is -0.873. The van der Waals surface area contributed by atoms with E-state index in [0.717, 1.165) is 30.8 Å². The van der Waals surface area contributed by atoms with Crippen LogP contribution in [0, 0.1) is 0 Å². The molecule has 0 spiro atoms. The predicted molar refractivity (Wildman–Crippen MR) is 202 cm³/mol. The minimum atomic E-state index is 0. The molecule has 0 aliphatic carbocycles. The molecule has 0 rings (SSSR count). The van der Waals surface area contributed by atoms with Crippen LogP contribution in [0.2, 0.25) is 0 Å². The number of unbranched alkanes of at least 4 members (excludes halogenated alkanes) is 24. The number of quaternary nitrogens is 1. The fourth-order valence-corrected chi connectivity index (χ4v) is 6.03. The van der Waals surface area contributed by atoms with E-state index in [9.17, 15) is 0 Å². The van der Waals surface area contributed by atoms with Crippen molar-refractivity contribution in [3.63, 3.8) is 0 Å². The average Bonchev–Trinajstić information content (AvgIpc) is 3.01. The van der Waals surface area contributed by atoms with Crippen LogP contribution in [0.25, 0.3) is 0 Å². The van der Waals surface area contributed by atoms with Crippen LogP contribution in [-0.4, -0.2) is 58.1 Å². The van der Waals surface area contributed by atoms with E-state index in [2.05, 4.69) is 59.3 Å². The second kappa shape index (κ2) is 39.1. The Balaban J connectivity index is 0. The highest BCUT2D eigenvalue weighted by molar-refractivity contribution is 4.82. The van der Waals surface area contributed by atoms with Gasteiger partial charge in [0.05, 0.1) is 27.7 Å². The van der Waals surface area contributed by atoms with Gasteiger partial charge in [-0.2, -0.15) is 0 Å². The summed E-state index contributed by atoms with van der Waals surface area (Å²) in [5, 5.41) is 0. The first-order valence-electron chi connectivity index (χ1n) is 20.3. The molecule has 0 fully saturated rings. The van der Waals surface area contributed by atoms with Gasteiger partial charge in [-0.1, -0.05) is 154 Å². The zero-order valence-corrected chi connectivity index (χ0v) is 32.9. The topological polar surface area (TPSA) is 18.5 Å². The van der Waals surface area contributed by atoms with E-state index in [4.69, 9.17) is 9.47 Å². The van der Waals surface area contributed by atoms with Gasteiger partial charge in [0.1, 0.15) is 12.6 Å². The number of allylic oxidation sites excluding steroid dienone is 4. The lowest BCUT2D eigenvalue weighted by Crippen LogP contribution is -3.00. The van der Waals surface area contributed by atoms with E-state index in [1.54, 1.807) is 0 Å². The Morgan fingerprint density at radius 1 is 0.435 bits per heavy atom. The fraction of sp³-hybridized carbons (Fsp3) is 0.905. The monoisotopic (exact) mass is 670 g/mol. The van der Waals surface area contributed by atoms with Gasteiger partial charge in [0.15, 0.2) is 0 Å². The highest BCUT2D eigenvalue weighted by atomic mass is 35.5. The minimum absolute atomic E-state index is 0. The first-order chi connectivity index (χ1) is 22.0. The molecule has 1 atom stereocenters. The molecule has 1 unspecified atom stereocenters. The van der Waals surface area contributed by atoms with E-state index < -0.39 is 0 Å². The molecule has 0 N–H and O–H groups in total. The Bertz CT molecular complexity index is 615. The van der Waals surface area contributed by atoms with Gasteiger partial charge in [0.25, 0.3) is 0 Å². The molecule has 4 heteroatoms. The van der Waals surface area contributed by atoms with Gasteiger partial charge < -0.3 is 26.4 Å². The molecule has 0 aliphatic heterocycles. The van der Waals surface area contributed by atoms with Crippen LogP contribution < -0.4 is 12.4 Å². The van der Waals surface area contributed by atoms with Gasteiger partial charge in [-0.3, -0.25) is 0 Å². The number of ether oxygens (including phenoxy) is 2. The first kappa shape index (κ1) is 47.8. The van der Waals surface area contributed by atoms with Crippen molar-refractivity contribution >= 4 is 0 Å². The molecular formula is C42H84ClNO2. The summed E-state index contributed by atoms with van der Waals surface area (Å²) in [5.74, 6) is 0. The molecule has 0 aliphatic rings. The van der Waals surface area contributed by atoms with Crippen molar-refractivity contribution in [2.75, 3.05) is 47.5 Å². The largest absolute Gasteiger partial charge is 1.00 e. The summed E-state index contributed by atoms with van der Waals surface area (Å²) in [6, 6.07) is 0. The third-order valence-electron chi connectivity index (χ3n) is 8.87. The molecular weight excluding hydrogens is 586 g/mol. The van der Waals surface area contributed by atoms with Crippen molar-refractivity contribution in [1.29, 1.82) is 0 Å². The quantitative estimate of drug-likeness (QED) is 0.0372.